The Hall–Kier alpha value is -2.00. The van der Waals surface area contributed by atoms with Crippen LogP contribution in [0, 0.1) is 37.2 Å². The van der Waals surface area contributed by atoms with E-state index in [9.17, 15) is 31.5 Å². The van der Waals surface area contributed by atoms with E-state index < -0.39 is 48.1 Å². The summed E-state index contributed by atoms with van der Waals surface area (Å²) in [5.41, 5.74) is -1.28. The molecule has 192 valence electrons. The maximum Gasteiger partial charge on any atom is 0.417 e. The van der Waals surface area contributed by atoms with E-state index >= 15 is 0 Å². The number of alkyl halides is 5. The van der Waals surface area contributed by atoms with Gasteiger partial charge in [0.15, 0.2) is 0 Å². The van der Waals surface area contributed by atoms with E-state index in [1.807, 2.05) is 10.6 Å². The van der Waals surface area contributed by atoms with E-state index in [4.69, 9.17) is 28.0 Å². The predicted molar refractivity (Wildman–Crippen MR) is 118 cm³/mol. The maximum atomic E-state index is 13.7. The normalized spacial score (nSPS) is 13.4. The molecule has 6 nitrogen and oxygen atoms in total. The Morgan fingerprint density at radius 1 is 1.06 bits per heavy atom. The maximum absolute atomic E-state index is 13.7. The van der Waals surface area contributed by atoms with Gasteiger partial charge in [-0.2, -0.15) is 13.2 Å². The fourth-order valence-corrected chi connectivity index (χ4v) is 3.61. The van der Waals surface area contributed by atoms with Gasteiger partial charge in [0.05, 0.1) is 29.9 Å². The molecule has 0 saturated heterocycles. The fourth-order valence-electron chi connectivity index (χ4n) is 3.08. The molecular formula is C22H17Cl2F5N3O3U-. The van der Waals surface area contributed by atoms with Crippen LogP contribution in [0.15, 0.2) is 41.6 Å². The Kier molecular flexibility index (Phi) is 10.1. The second-order valence-electron chi connectivity index (χ2n) is 7.68. The Bertz CT molecular complexity index is 1150. The number of carbonyl (C=O) groups excluding carboxylic acids is 2. The molecule has 2 aromatic carbocycles. The zero-order chi connectivity index (χ0) is 26.0. The van der Waals surface area contributed by atoms with Gasteiger partial charge in [-0.1, -0.05) is 34.4 Å². The number of benzene rings is 2. The van der Waals surface area contributed by atoms with Gasteiger partial charge in [-0.3, -0.25) is 9.59 Å². The van der Waals surface area contributed by atoms with E-state index in [1.54, 1.807) is 12.1 Å². The number of nitrogens with one attached hydrogen (secondary N) is 2. The van der Waals surface area contributed by atoms with Gasteiger partial charge in [0.2, 0.25) is 5.91 Å². The van der Waals surface area contributed by atoms with Crippen molar-refractivity contribution in [2.75, 3.05) is 13.1 Å². The van der Waals surface area contributed by atoms with Gasteiger partial charge in [-0.05, 0) is 33.8 Å². The van der Waals surface area contributed by atoms with Crippen LogP contribution in [0.5, 0.6) is 0 Å². The Morgan fingerprint density at radius 2 is 1.69 bits per heavy atom. The number of carbonyl (C=O) groups is 2. The minimum absolute atomic E-state index is 0. The Morgan fingerprint density at radius 3 is 2.28 bits per heavy atom. The number of hydrogen-bond donors (Lipinski definition) is 2. The third-order valence-electron chi connectivity index (χ3n) is 4.69. The Labute approximate surface area is 236 Å². The average Bonchev–Trinajstić information content (AvgIpc) is 3.24. The molecule has 0 fully saturated rings. The monoisotopic (exact) mass is 774 g/mol. The molecule has 0 unspecified atom stereocenters. The van der Waals surface area contributed by atoms with Crippen molar-refractivity contribution in [2.24, 2.45) is 5.16 Å². The summed E-state index contributed by atoms with van der Waals surface area (Å²) >= 11 is 11.9. The molecule has 36 heavy (non-hydrogen) atoms. The number of oxime groups is 1. The molecule has 1 aliphatic heterocycles. The summed E-state index contributed by atoms with van der Waals surface area (Å²) < 4.78 is 66.7. The van der Waals surface area contributed by atoms with Crippen molar-refractivity contribution in [2.45, 2.75) is 25.4 Å². The molecule has 3 rings (SSSR count). The second kappa shape index (κ2) is 12.0. The molecule has 0 bridgehead atoms. The molecule has 2 aromatic rings. The van der Waals surface area contributed by atoms with Gasteiger partial charge in [0, 0.05) is 50.6 Å². The Balaban J connectivity index is 0.00000456. The minimum Gasteiger partial charge on any atom is -0.423 e. The van der Waals surface area contributed by atoms with Crippen molar-refractivity contribution in [1.29, 1.82) is 0 Å². The standard InChI is InChI=1S/C22H17Cl2F5N3O3.U/c1-21(25,26)10-31-19(33)9-30-20(34)15-3-2-11(6-16(15)22(27,28)29)17-8-18(35-32-17)12-4-13(23)7-14(24)5-12;/h2-7H,8-10H2,1H3,(H,30,34)(H,31,33);/q-1;. The molecule has 2 N–H and O–H groups in total. The quantitative estimate of drug-likeness (QED) is 0.300. The van der Waals surface area contributed by atoms with Crippen molar-refractivity contribution < 1.29 is 67.5 Å². The van der Waals surface area contributed by atoms with Crippen LogP contribution in [-0.2, 0) is 15.8 Å². The zero-order valence-electron chi connectivity index (χ0n) is 18.4. The van der Waals surface area contributed by atoms with Crippen molar-refractivity contribution in [1.82, 2.24) is 10.6 Å². The number of halogens is 7. The molecule has 0 saturated carbocycles. The SMILES string of the molecule is CC(F)(F)CNC(=O)CNC(=O)c1ccc(C2=NO[C-](c3cc(Cl)cc(Cl)c3)C2)cc1C(F)(F)F.[U]. The zero-order valence-corrected chi connectivity index (χ0v) is 24.1. The molecular weight excluding hydrogens is 758 g/mol. The van der Waals surface area contributed by atoms with Crippen LogP contribution in [0.4, 0.5) is 22.0 Å². The van der Waals surface area contributed by atoms with Crippen molar-refractivity contribution in [3.63, 3.8) is 0 Å². The van der Waals surface area contributed by atoms with E-state index in [0.29, 0.717) is 28.6 Å². The van der Waals surface area contributed by atoms with Crippen molar-refractivity contribution in [3.05, 3.63) is 74.8 Å². The number of amides is 2. The topological polar surface area (TPSA) is 79.8 Å². The molecule has 0 radical (unpaired) electrons. The van der Waals surface area contributed by atoms with E-state index in [-0.39, 0.29) is 48.8 Å². The molecule has 1 aliphatic rings. The summed E-state index contributed by atoms with van der Waals surface area (Å²) in [5.74, 6) is -5.36. The summed E-state index contributed by atoms with van der Waals surface area (Å²) in [7, 11) is 0. The van der Waals surface area contributed by atoms with Crippen LogP contribution in [0.25, 0.3) is 0 Å². The first kappa shape index (κ1) is 30.2. The first-order valence-electron chi connectivity index (χ1n) is 9.93. The summed E-state index contributed by atoms with van der Waals surface area (Å²) in [6, 6.07) is 7.55. The van der Waals surface area contributed by atoms with Crippen LogP contribution >= 0.6 is 23.2 Å². The second-order valence-corrected chi connectivity index (χ2v) is 8.55. The number of rotatable bonds is 7. The van der Waals surface area contributed by atoms with Crippen LogP contribution in [0.2, 0.25) is 10.0 Å². The fraction of sp³-hybridized carbons (Fsp3) is 0.273. The van der Waals surface area contributed by atoms with E-state index in [1.165, 1.54) is 12.1 Å². The predicted octanol–water partition coefficient (Wildman–Crippen LogP) is 5.22. The van der Waals surface area contributed by atoms with Gasteiger partial charge in [-0.25, -0.2) is 8.78 Å². The third kappa shape index (κ3) is 8.27. The molecule has 2 amide bonds. The van der Waals surface area contributed by atoms with Crippen LogP contribution in [0.1, 0.15) is 40.4 Å². The summed E-state index contributed by atoms with van der Waals surface area (Å²) in [6.45, 7) is -1.18. The number of hydrogen-bond acceptors (Lipinski definition) is 4. The molecule has 0 aromatic heterocycles. The van der Waals surface area contributed by atoms with Gasteiger partial charge in [0.25, 0.3) is 11.8 Å². The molecule has 0 aliphatic carbocycles. The van der Waals surface area contributed by atoms with Gasteiger partial charge in [0.1, 0.15) is 0 Å². The van der Waals surface area contributed by atoms with E-state index in [0.717, 1.165) is 12.1 Å². The summed E-state index contributed by atoms with van der Waals surface area (Å²) in [6.07, 6.45) is -4.55. The smallest absolute Gasteiger partial charge is 0.417 e. The molecule has 1 heterocycles. The van der Waals surface area contributed by atoms with Crippen LogP contribution < -0.4 is 10.6 Å². The van der Waals surface area contributed by atoms with Gasteiger partial charge < -0.3 is 15.5 Å². The van der Waals surface area contributed by atoms with Crippen molar-refractivity contribution >= 4 is 40.7 Å². The minimum atomic E-state index is -4.91. The molecule has 0 atom stereocenters. The largest absolute Gasteiger partial charge is 0.423 e. The first-order chi connectivity index (χ1) is 16.2. The molecule has 0 spiro atoms. The van der Waals surface area contributed by atoms with Crippen LogP contribution in [-0.4, -0.2) is 36.5 Å². The van der Waals surface area contributed by atoms with E-state index in [2.05, 4.69) is 5.16 Å². The molecule has 14 heteroatoms. The van der Waals surface area contributed by atoms with Gasteiger partial charge in [-0.15, -0.1) is 17.7 Å². The summed E-state index contributed by atoms with van der Waals surface area (Å²) in [5, 5.41) is 8.37. The third-order valence-corrected chi connectivity index (χ3v) is 5.12. The van der Waals surface area contributed by atoms with Crippen molar-refractivity contribution in [3.8, 4) is 0 Å². The van der Waals surface area contributed by atoms with Crippen LogP contribution in [0.3, 0.4) is 0 Å². The first-order valence-corrected chi connectivity index (χ1v) is 10.7. The van der Waals surface area contributed by atoms with Gasteiger partial charge >= 0.3 is 6.18 Å². The average molecular weight is 775 g/mol. The summed E-state index contributed by atoms with van der Waals surface area (Å²) in [4.78, 5) is 29.2. The number of nitrogens with zero attached hydrogens (tertiary/aromatic N) is 1.